The van der Waals surface area contributed by atoms with Crippen molar-refractivity contribution < 1.29 is 22.9 Å². The SMILES string of the molecule is O=C(NNc1ncnc(Nc2cccc(C(F)(F)F)c2)c1[N+](=O)[O-])c1ccncc1. The van der Waals surface area contributed by atoms with Crippen molar-refractivity contribution in [1.82, 2.24) is 20.4 Å². The van der Waals surface area contributed by atoms with E-state index in [0.717, 1.165) is 24.5 Å². The number of nitrogens with zero attached hydrogens (tertiary/aromatic N) is 4. The predicted molar refractivity (Wildman–Crippen MR) is 98.7 cm³/mol. The molecular formula is C17H12F3N7O3. The van der Waals surface area contributed by atoms with Crippen LogP contribution in [0.3, 0.4) is 0 Å². The maximum Gasteiger partial charge on any atom is 0.416 e. The molecule has 1 amide bonds. The summed E-state index contributed by atoms with van der Waals surface area (Å²) in [4.78, 5) is 34.0. The van der Waals surface area contributed by atoms with E-state index in [1.807, 2.05) is 0 Å². The Hall–Kier alpha value is -4.29. The molecule has 13 heteroatoms. The molecule has 0 spiro atoms. The van der Waals surface area contributed by atoms with E-state index >= 15 is 0 Å². The molecule has 30 heavy (non-hydrogen) atoms. The van der Waals surface area contributed by atoms with E-state index < -0.39 is 28.3 Å². The first-order valence-electron chi connectivity index (χ1n) is 8.16. The zero-order valence-corrected chi connectivity index (χ0v) is 14.8. The van der Waals surface area contributed by atoms with Crippen LogP contribution in [0.25, 0.3) is 0 Å². The van der Waals surface area contributed by atoms with Gasteiger partial charge < -0.3 is 5.32 Å². The first-order chi connectivity index (χ1) is 14.3. The van der Waals surface area contributed by atoms with Gasteiger partial charge in [0.1, 0.15) is 6.33 Å². The van der Waals surface area contributed by atoms with Crippen LogP contribution in [0.2, 0.25) is 0 Å². The summed E-state index contributed by atoms with van der Waals surface area (Å²) in [6, 6.07) is 6.93. The highest BCUT2D eigenvalue weighted by atomic mass is 19.4. The Balaban J connectivity index is 1.85. The first kappa shape index (κ1) is 20.4. The lowest BCUT2D eigenvalue weighted by molar-refractivity contribution is -0.383. The van der Waals surface area contributed by atoms with Crippen LogP contribution in [-0.2, 0) is 6.18 Å². The Morgan fingerprint density at radius 2 is 1.77 bits per heavy atom. The van der Waals surface area contributed by atoms with Crippen LogP contribution in [-0.4, -0.2) is 25.8 Å². The van der Waals surface area contributed by atoms with Crippen LogP contribution in [0.15, 0.2) is 55.1 Å². The van der Waals surface area contributed by atoms with Gasteiger partial charge in [0.15, 0.2) is 0 Å². The van der Waals surface area contributed by atoms with Crippen LogP contribution in [0, 0.1) is 10.1 Å². The lowest BCUT2D eigenvalue weighted by atomic mass is 10.2. The third-order valence-electron chi connectivity index (χ3n) is 3.69. The average Bonchev–Trinajstić information content (AvgIpc) is 2.72. The average molecular weight is 419 g/mol. The number of alkyl halides is 3. The number of halogens is 3. The molecule has 3 aromatic rings. The van der Waals surface area contributed by atoms with Gasteiger partial charge in [0, 0.05) is 23.6 Å². The fraction of sp³-hybridized carbons (Fsp3) is 0.0588. The monoisotopic (exact) mass is 419 g/mol. The van der Waals surface area contributed by atoms with Gasteiger partial charge in [0.2, 0.25) is 11.6 Å². The van der Waals surface area contributed by atoms with Crippen molar-refractivity contribution in [1.29, 1.82) is 0 Å². The lowest BCUT2D eigenvalue weighted by Crippen LogP contribution is -2.30. The summed E-state index contributed by atoms with van der Waals surface area (Å²) in [6.07, 6.45) is -0.860. The number of nitro groups is 1. The number of rotatable bonds is 6. The number of pyridine rings is 1. The minimum atomic E-state index is -4.58. The van der Waals surface area contributed by atoms with Gasteiger partial charge in [-0.25, -0.2) is 9.97 Å². The van der Waals surface area contributed by atoms with Gasteiger partial charge in [-0.05, 0) is 30.3 Å². The number of anilines is 3. The van der Waals surface area contributed by atoms with Gasteiger partial charge in [-0.3, -0.25) is 30.7 Å². The number of carbonyl (C=O) groups is 1. The standard InChI is InChI=1S/C17H12F3N7O3/c18-17(19,20)11-2-1-3-12(8-11)24-14-13(27(29)30)15(23-9-22-14)25-26-16(28)10-4-6-21-7-5-10/h1-9H,(H,26,28)(H2,22,23,24,25). The van der Waals surface area contributed by atoms with E-state index in [1.165, 1.54) is 30.6 Å². The van der Waals surface area contributed by atoms with Crippen LogP contribution >= 0.6 is 0 Å². The topological polar surface area (TPSA) is 135 Å². The third kappa shape index (κ3) is 4.76. The number of aromatic nitrogens is 3. The highest BCUT2D eigenvalue weighted by Crippen LogP contribution is 2.34. The van der Waals surface area contributed by atoms with Gasteiger partial charge in [-0.1, -0.05) is 6.07 Å². The fourth-order valence-corrected chi connectivity index (χ4v) is 2.34. The summed E-state index contributed by atoms with van der Waals surface area (Å²) in [6.45, 7) is 0. The van der Waals surface area contributed by atoms with Crippen molar-refractivity contribution in [3.8, 4) is 0 Å². The van der Waals surface area contributed by atoms with Crippen molar-refractivity contribution in [3.63, 3.8) is 0 Å². The van der Waals surface area contributed by atoms with Crippen LogP contribution in [0.5, 0.6) is 0 Å². The second-order valence-corrected chi connectivity index (χ2v) is 5.70. The molecular weight excluding hydrogens is 407 g/mol. The van der Waals surface area contributed by atoms with Crippen molar-refractivity contribution in [2.75, 3.05) is 10.7 Å². The van der Waals surface area contributed by atoms with Gasteiger partial charge in [-0.15, -0.1) is 0 Å². The highest BCUT2D eigenvalue weighted by Gasteiger charge is 2.31. The number of nitrogens with one attached hydrogen (secondary N) is 3. The third-order valence-corrected chi connectivity index (χ3v) is 3.69. The van der Waals surface area contributed by atoms with E-state index in [1.54, 1.807) is 0 Å². The van der Waals surface area contributed by atoms with E-state index in [0.29, 0.717) is 0 Å². The molecule has 0 fully saturated rings. The number of hydrogen-bond donors (Lipinski definition) is 3. The Kier molecular flexibility index (Phi) is 5.71. The van der Waals surface area contributed by atoms with Crippen molar-refractivity contribution in [3.05, 3.63) is 76.4 Å². The van der Waals surface area contributed by atoms with E-state index in [2.05, 4.69) is 31.1 Å². The van der Waals surface area contributed by atoms with Gasteiger partial charge in [0.05, 0.1) is 10.5 Å². The fourth-order valence-electron chi connectivity index (χ4n) is 2.34. The summed E-state index contributed by atoms with van der Waals surface area (Å²) in [5.74, 6) is -1.35. The number of hydrazine groups is 1. The molecule has 0 saturated heterocycles. The lowest BCUT2D eigenvalue weighted by Gasteiger charge is -2.12. The minimum Gasteiger partial charge on any atom is -0.334 e. The smallest absolute Gasteiger partial charge is 0.334 e. The second-order valence-electron chi connectivity index (χ2n) is 5.70. The molecule has 2 aromatic heterocycles. The van der Waals surface area contributed by atoms with Crippen molar-refractivity contribution in [2.24, 2.45) is 0 Å². The number of amides is 1. The molecule has 10 nitrogen and oxygen atoms in total. The number of carbonyl (C=O) groups excluding carboxylic acids is 1. The Labute approximate surface area is 166 Å². The molecule has 0 aliphatic rings. The van der Waals surface area contributed by atoms with Crippen molar-refractivity contribution >= 4 is 28.9 Å². The zero-order valence-electron chi connectivity index (χ0n) is 14.8. The maximum atomic E-state index is 12.9. The van der Waals surface area contributed by atoms with E-state index in [-0.39, 0.29) is 22.9 Å². The quantitative estimate of drug-likeness (QED) is 0.409. The summed E-state index contributed by atoms with van der Waals surface area (Å²) in [7, 11) is 0. The second kappa shape index (κ2) is 8.38. The largest absolute Gasteiger partial charge is 0.416 e. The van der Waals surface area contributed by atoms with E-state index in [4.69, 9.17) is 0 Å². The molecule has 0 saturated carbocycles. The van der Waals surface area contributed by atoms with Crippen LogP contribution < -0.4 is 16.2 Å². The normalized spacial score (nSPS) is 10.9. The molecule has 154 valence electrons. The summed E-state index contributed by atoms with van der Waals surface area (Å²) >= 11 is 0. The summed E-state index contributed by atoms with van der Waals surface area (Å²) in [5.41, 5.74) is 3.11. The van der Waals surface area contributed by atoms with Gasteiger partial charge in [0.25, 0.3) is 5.91 Å². The molecule has 0 radical (unpaired) electrons. The molecule has 1 aromatic carbocycles. The predicted octanol–water partition coefficient (Wildman–Crippen LogP) is 3.30. The van der Waals surface area contributed by atoms with Crippen LogP contribution in [0.4, 0.5) is 36.2 Å². The summed E-state index contributed by atoms with van der Waals surface area (Å²) in [5, 5.41) is 14.0. The van der Waals surface area contributed by atoms with Crippen molar-refractivity contribution in [2.45, 2.75) is 6.18 Å². The molecule has 0 unspecified atom stereocenters. The number of hydrogen-bond acceptors (Lipinski definition) is 8. The molecule has 0 aliphatic heterocycles. The molecule has 2 heterocycles. The minimum absolute atomic E-state index is 0.0709. The number of benzene rings is 1. The van der Waals surface area contributed by atoms with E-state index in [9.17, 15) is 28.1 Å². The maximum absolute atomic E-state index is 12.9. The van der Waals surface area contributed by atoms with Gasteiger partial charge >= 0.3 is 11.9 Å². The zero-order chi connectivity index (χ0) is 21.7. The van der Waals surface area contributed by atoms with Gasteiger partial charge in [-0.2, -0.15) is 13.2 Å². The Morgan fingerprint density at radius 1 is 1.07 bits per heavy atom. The van der Waals surface area contributed by atoms with Crippen LogP contribution in [0.1, 0.15) is 15.9 Å². The molecule has 3 rings (SSSR count). The Morgan fingerprint density at radius 3 is 2.43 bits per heavy atom. The molecule has 3 N–H and O–H groups in total. The first-order valence-corrected chi connectivity index (χ1v) is 8.16. The molecule has 0 aliphatic carbocycles. The Bertz CT molecular complexity index is 1080. The molecule has 0 bridgehead atoms. The highest BCUT2D eigenvalue weighted by molar-refractivity contribution is 5.94. The molecule has 0 atom stereocenters. The summed E-state index contributed by atoms with van der Waals surface area (Å²) < 4.78 is 38.6.